The van der Waals surface area contributed by atoms with Crippen molar-refractivity contribution in [1.82, 2.24) is 0 Å². The summed E-state index contributed by atoms with van der Waals surface area (Å²) in [6.45, 7) is 12.4. The largest absolute Gasteiger partial charge is 0.388 e. The van der Waals surface area contributed by atoms with E-state index in [2.05, 4.69) is 47.6 Å². The number of benzene rings is 2. The van der Waals surface area contributed by atoms with Gasteiger partial charge in [-0.05, 0) is 23.8 Å². The van der Waals surface area contributed by atoms with Crippen molar-refractivity contribution in [1.29, 1.82) is 0 Å². The average Bonchev–Trinajstić information content (AvgIpc) is 2.79. The van der Waals surface area contributed by atoms with Crippen LogP contribution in [0.15, 0.2) is 60.7 Å². The number of carbonyl (C=O) groups excluding carboxylic acids is 1. The maximum absolute atomic E-state index is 12.2. The van der Waals surface area contributed by atoms with Crippen molar-refractivity contribution in [2.24, 2.45) is 11.8 Å². The van der Waals surface area contributed by atoms with Crippen molar-refractivity contribution in [2.75, 3.05) is 28.4 Å². The first-order chi connectivity index (χ1) is 14.5. The van der Waals surface area contributed by atoms with Gasteiger partial charge in [-0.25, -0.2) is 0 Å². The van der Waals surface area contributed by atoms with Crippen LogP contribution in [0.2, 0.25) is 0 Å². The first-order valence-electron chi connectivity index (χ1n) is 10.9. The van der Waals surface area contributed by atoms with Gasteiger partial charge in [-0.3, -0.25) is 4.79 Å². The Kier molecular flexibility index (Phi) is 27.3. The number of carbonyl (C=O) groups is 1. The molecule has 0 saturated heterocycles. The standard InChI is InChI=1S/C19H22O.2C2H6O.2C2H6/c1-15(13-17-9-5-3-6-10-17)16(2)14-19(20)18-11-7-4-8-12-18;2*1-3-2;2*1-2/h3-12,15-16H,13-14H2,1-2H3;2*1-2H3;2*1-2H3. The zero-order valence-electron chi connectivity index (χ0n) is 21.1. The Hall–Kier alpha value is -1.97. The normalized spacial score (nSPS) is 10.7. The molecular formula is C27H46O3. The number of hydrogen-bond acceptors (Lipinski definition) is 3. The Morgan fingerprint density at radius 1 is 0.700 bits per heavy atom. The molecule has 0 N–H and O–H groups in total. The molecule has 0 aliphatic heterocycles. The third-order valence-corrected chi connectivity index (χ3v) is 3.98. The van der Waals surface area contributed by atoms with Gasteiger partial charge in [0.05, 0.1) is 0 Å². The van der Waals surface area contributed by atoms with Crippen LogP contribution < -0.4 is 0 Å². The molecular weight excluding hydrogens is 372 g/mol. The van der Waals surface area contributed by atoms with E-state index in [-0.39, 0.29) is 5.78 Å². The Morgan fingerprint density at radius 3 is 1.47 bits per heavy atom. The smallest absolute Gasteiger partial charge is 0.163 e. The summed E-state index contributed by atoms with van der Waals surface area (Å²) in [5.74, 6) is 1.14. The number of methoxy groups -OCH3 is 2. The van der Waals surface area contributed by atoms with Crippen LogP contribution in [0, 0.1) is 11.8 Å². The van der Waals surface area contributed by atoms with Gasteiger partial charge in [0.2, 0.25) is 0 Å². The Morgan fingerprint density at radius 2 is 1.07 bits per heavy atom. The summed E-state index contributed by atoms with van der Waals surface area (Å²) in [4.78, 5) is 12.2. The summed E-state index contributed by atoms with van der Waals surface area (Å²) in [5, 5.41) is 0. The molecule has 3 nitrogen and oxygen atoms in total. The first-order valence-corrected chi connectivity index (χ1v) is 10.9. The number of ether oxygens (including phenoxy) is 2. The molecule has 0 aromatic heterocycles. The summed E-state index contributed by atoms with van der Waals surface area (Å²) in [6.07, 6.45) is 1.65. The molecule has 0 radical (unpaired) electrons. The monoisotopic (exact) mass is 418 g/mol. The highest BCUT2D eigenvalue weighted by atomic mass is 16.5. The second kappa shape index (κ2) is 25.1. The second-order valence-corrected chi connectivity index (χ2v) is 6.45. The van der Waals surface area contributed by atoms with Crippen molar-refractivity contribution in [3.63, 3.8) is 0 Å². The van der Waals surface area contributed by atoms with Gasteiger partial charge < -0.3 is 9.47 Å². The van der Waals surface area contributed by atoms with E-state index in [4.69, 9.17) is 0 Å². The molecule has 0 fully saturated rings. The van der Waals surface area contributed by atoms with E-state index in [1.54, 1.807) is 28.4 Å². The molecule has 30 heavy (non-hydrogen) atoms. The highest BCUT2D eigenvalue weighted by Crippen LogP contribution is 2.21. The van der Waals surface area contributed by atoms with Crippen molar-refractivity contribution < 1.29 is 14.3 Å². The minimum Gasteiger partial charge on any atom is -0.388 e. The number of Topliss-reactive ketones (excluding diaryl/α,β-unsaturated/α-hetero) is 1. The molecule has 0 amide bonds. The molecule has 2 atom stereocenters. The minimum absolute atomic E-state index is 0.248. The van der Waals surface area contributed by atoms with Crippen molar-refractivity contribution >= 4 is 5.78 Å². The zero-order valence-corrected chi connectivity index (χ0v) is 21.1. The van der Waals surface area contributed by atoms with Crippen LogP contribution in [0.25, 0.3) is 0 Å². The van der Waals surface area contributed by atoms with Gasteiger partial charge in [-0.2, -0.15) is 0 Å². The second-order valence-electron chi connectivity index (χ2n) is 6.45. The van der Waals surface area contributed by atoms with Crippen molar-refractivity contribution in [2.45, 2.75) is 54.4 Å². The van der Waals surface area contributed by atoms with Crippen LogP contribution in [0.5, 0.6) is 0 Å². The predicted molar refractivity (Wildman–Crippen MR) is 132 cm³/mol. The fourth-order valence-electron chi connectivity index (χ4n) is 2.42. The molecule has 2 unspecified atom stereocenters. The molecule has 0 aliphatic rings. The highest BCUT2D eigenvalue weighted by molar-refractivity contribution is 5.96. The van der Waals surface area contributed by atoms with E-state index in [1.165, 1.54) is 5.56 Å². The van der Waals surface area contributed by atoms with Gasteiger partial charge in [0.15, 0.2) is 5.78 Å². The van der Waals surface area contributed by atoms with Gasteiger partial charge in [0.1, 0.15) is 0 Å². The Labute approximate surface area is 186 Å². The highest BCUT2D eigenvalue weighted by Gasteiger charge is 2.17. The van der Waals surface area contributed by atoms with E-state index in [1.807, 2.05) is 64.1 Å². The summed E-state index contributed by atoms with van der Waals surface area (Å²) < 4.78 is 8.50. The van der Waals surface area contributed by atoms with E-state index in [0.717, 1.165) is 12.0 Å². The van der Waals surface area contributed by atoms with Gasteiger partial charge in [0, 0.05) is 40.4 Å². The molecule has 0 heterocycles. The topological polar surface area (TPSA) is 35.5 Å². The third-order valence-electron chi connectivity index (χ3n) is 3.98. The van der Waals surface area contributed by atoms with Crippen LogP contribution in [0.3, 0.4) is 0 Å². The maximum Gasteiger partial charge on any atom is 0.163 e. The quantitative estimate of drug-likeness (QED) is 0.460. The fraction of sp³-hybridized carbons (Fsp3) is 0.519. The van der Waals surface area contributed by atoms with Crippen LogP contribution in [0.4, 0.5) is 0 Å². The van der Waals surface area contributed by atoms with Gasteiger partial charge in [0.25, 0.3) is 0 Å². The van der Waals surface area contributed by atoms with Crippen LogP contribution in [-0.4, -0.2) is 34.2 Å². The molecule has 0 saturated carbocycles. The number of rotatable bonds is 6. The zero-order chi connectivity index (χ0) is 23.8. The molecule has 2 aromatic carbocycles. The van der Waals surface area contributed by atoms with Crippen LogP contribution in [0.1, 0.15) is 63.9 Å². The lowest BCUT2D eigenvalue weighted by atomic mass is 9.85. The summed E-state index contributed by atoms with van der Waals surface area (Å²) in [7, 11) is 6.50. The fourth-order valence-corrected chi connectivity index (χ4v) is 2.42. The molecule has 0 aliphatic carbocycles. The third kappa shape index (κ3) is 18.1. The Balaban J connectivity index is -0.000000626. The van der Waals surface area contributed by atoms with Gasteiger partial charge in [-0.1, -0.05) is 102 Å². The van der Waals surface area contributed by atoms with Crippen LogP contribution >= 0.6 is 0 Å². The van der Waals surface area contributed by atoms with Crippen molar-refractivity contribution in [3.05, 3.63) is 71.8 Å². The minimum atomic E-state index is 0.248. The van der Waals surface area contributed by atoms with Crippen molar-refractivity contribution in [3.8, 4) is 0 Å². The number of ketones is 1. The summed E-state index contributed by atoms with van der Waals surface area (Å²) in [5.41, 5.74) is 2.17. The first kappa shape index (κ1) is 32.7. The molecule has 0 bridgehead atoms. The molecule has 0 spiro atoms. The number of hydrogen-bond donors (Lipinski definition) is 0. The van der Waals surface area contributed by atoms with E-state index in [0.29, 0.717) is 18.3 Å². The summed E-state index contributed by atoms with van der Waals surface area (Å²) in [6, 6.07) is 20.1. The predicted octanol–water partition coefficient (Wildman–Crippen LogP) is 7.35. The van der Waals surface area contributed by atoms with Gasteiger partial charge in [-0.15, -0.1) is 0 Å². The lowest BCUT2D eigenvalue weighted by Gasteiger charge is -2.19. The summed E-state index contributed by atoms with van der Waals surface area (Å²) >= 11 is 0. The molecule has 172 valence electrons. The lowest BCUT2D eigenvalue weighted by Crippen LogP contribution is -2.15. The molecule has 2 aromatic rings. The molecule has 2 rings (SSSR count). The van der Waals surface area contributed by atoms with E-state index in [9.17, 15) is 4.79 Å². The van der Waals surface area contributed by atoms with E-state index < -0.39 is 0 Å². The lowest BCUT2D eigenvalue weighted by molar-refractivity contribution is 0.0951. The maximum atomic E-state index is 12.2. The van der Waals surface area contributed by atoms with E-state index >= 15 is 0 Å². The SMILES string of the molecule is CC.CC.CC(CC(=O)c1ccccc1)C(C)Cc1ccccc1.COC.COC. The average molecular weight is 419 g/mol. The van der Waals surface area contributed by atoms with Gasteiger partial charge >= 0.3 is 0 Å². The van der Waals surface area contributed by atoms with Crippen LogP contribution in [-0.2, 0) is 15.9 Å². The molecule has 3 heteroatoms. The Bertz CT molecular complexity index is 565.